The summed E-state index contributed by atoms with van der Waals surface area (Å²) in [6.07, 6.45) is 0.584. The molecular formula is C12H19Cl2N3O4S. The van der Waals surface area contributed by atoms with Gasteiger partial charge >= 0.3 is 0 Å². The zero-order valence-corrected chi connectivity index (χ0v) is 14.5. The summed E-state index contributed by atoms with van der Waals surface area (Å²) in [5.41, 5.74) is 5.29. The predicted octanol–water partition coefficient (Wildman–Crippen LogP) is 2.32. The van der Waals surface area contributed by atoms with Crippen LogP contribution in [0.2, 0.25) is 5.02 Å². The molecule has 0 spiro atoms. The summed E-state index contributed by atoms with van der Waals surface area (Å²) in [6.45, 7) is 4.06. The van der Waals surface area contributed by atoms with Gasteiger partial charge in [-0.3, -0.25) is 10.1 Å². The first-order valence-electron chi connectivity index (χ1n) is 6.33. The molecule has 22 heavy (non-hydrogen) atoms. The maximum atomic E-state index is 12.3. The van der Waals surface area contributed by atoms with Crippen molar-refractivity contribution in [1.82, 2.24) is 4.72 Å². The van der Waals surface area contributed by atoms with E-state index in [1.165, 1.54) is 0 Å². The molecule has 0 amide bonds. The standard InChI is InChI=1S/C12H18ClN3O4S.ClH/c1-8(2)5-9(7-14)15-21(19,20)12-4-3-10(16(17)18)6-11(12)13;/h3-4,6,8-9,15H,5,7,14H2,1-2H3;1H. The highest BCUT2D eigenvalue weighted by atomic mass is 35.5. The summed E-state index contributed by atoms with van der Waals surface area (Å²) in [5.74, 6) is 0.272. The highest BCUT2D eigenvalue weighted by Gasteiger charge is 2.24. The second-order valence-corrected chi connectivity index (χ2v) is 7.14. The van der Waals surface area contributed by atoms with Gasteiger partial charge in [0.05, 0.1) is 9.95 Å². The lowest BCUT2D eigenvalue weighted by molar-refractivity contribution is -0.384. The lowest BCUT2D eigenvalue weighted by atomic mass is 10.1. The largest absolute Gasteiger partial charge is 0.329 e. The summed E-state index contributed by atoms with van der Waals surface area (Å²) in [5, 5.41) is 10.4. The van der Waals surface area contributed by atoms with E-state index in [1.807, 2.05) is 13.8 Å². The molecule has 7 nitrogen and oxygen atoms in total. The molecule has 0 bridgehead atoms. The van der Waals surface area contributed by atoms with E-state index in [9.17, 15) is 18.5 Å². The number of hydrogen-bond donors (Lipinski definition) is 2. The van der Waals surface area contributed by atoms with Crippen LogP contribution in [0.5, 0.6) is 0 Å². The molecule has 10 heteroatoms. The van der Waals surface area contributed by atoms with Crippen molar-refractivity contribution in [3.05, 3.63) is 33.3 Å². The van der Waals surface area contributed by atoms with E-state index in [0.29, 0.717) is 6.42 Å². The normalized spacial score (nSPS) is 12.8. The molecule has 1 rings (SSSR count). The molecule has 0 saturated carbocycles. The van der Waals surface area contributed by atoms with Crippen LogP contribution in [0.15, 0.2) is 23.1 Å². The Balaban J connectivity index is 0.00000441. The maximum Gasteiger partial charge on any atom is 0.271 e. The number of sulfonamides is 1. The smallest absolute Gasteiger partial charge is 0.271 e. The summed E-state index contributed by atoms with van der Waals surface area (Å²) in [6, 6.07) is 2.81. The lowest BCUT2D eigenvalue weighted by Crippen LogP contribution is -2.41. The van der Waals surface area contributed by atoms with Crippen LogP contribution < -0.4 is 10.5 Å². The molecule has 1 unspecified atom stereocenters. The summed E-state index contributed by atoms with van der Waals surface area (Å²) >= 11 is 5.84. The number of rotatable bonds is 7. The van der Waals surface area contributed by atoms with E-state index in [1.54, 1.807) is 0 Å². The number of non-ortho nitro benzene ring substituents is 1. The van der Waals surface area contributed by atoms with Gasteiger partial charge in [-0.15, -0.1) is 12.4 Å². The number of nitrogens with two attached hydrogens (primary N) is 1. The van der Waals surface area contributed by atoms with Gasteiger partial charge in [0.1, 0.15) is 4.90 Å². The fraction of sp³-hybridized carbons (Fsp3) is 0.500. The molecule has 0 fully saturated rings. The van der Waals surface area contributed by atoms with Crippen molar-refractivity contribution in [2.75, 3.05) is 6.54 Å². The van der Waals surface area contributed by atoms with Crippen molar-refractivity contribution in [2.24, 2.45) is 11.7 Å². The first kappa shape index (κ1) is 21.1. The van der Waals surface area contributed by atoms with Crippen LogP contribution in [-0.4, -0.2) is 25.9 Å². The molecule has 3 N–H and O–H groups in total. The van der Waals surface area contributed by atoms with Crippen LogP contribution in [0.3, 0.4) is 0 Å². The zero-order valence-electron chi connectivity index (χ0n) is 12.2. The van der Waals surface area contributed by atoms with E-state index < -0.39 is 21.0 Å². The molecule has 0 aromatic heterocycles. The number of halogens is 2. The first-order chi connectivity index (χ1) is 9.67. The summed E-state index contributed by atoms with van der Waals surface area (Å²) in [7, 11) is -3.87. The van der Waals surface area contributed by atoms with Gasteiger partial charge in [0.15, 0.2) is 0 Å². The third-order valence-corrected chi connectivity index (χ3v) is 4.78. The van der Waals surface area contributed by atoms with Crippen LogP contribution in [-0.2, 0) is 10.0 Å². The Morgan fingerprint density at radius 3 is 2.41 bits per heavy atom. The van der Waals surface area contributed by atoms with Gasteiger partial charge in [-0.05, 0) is 18.4 Å². The van der Waals surface area contributed by atoms with E-state index in [2.05, 4.69) is 4.72 Å². The molecule has 1 atom stereocenters. The molecule has 126 valence electrons. The van der Waals surface area contributed by atoms with Gasteiger partial charge in [-0.25, -0.2) is 13.1 Å². The minimum absolute atomic E-state index is 0. The molecule has 0 heterocycles. The van der Waals surface area contributed by atoms with Crippen LogP contribution >= 0.6 is 24.0 Å². The number of benzene rings is 1. The minimum Gasteiger partial charge on any atom is -0.329 e. The van der Waals surface area contributed by atoms with Crippen LogP contribution in [0.1, 0.15) is 20.3 Å². The quantitative estimate of drug-likeness (QED) is 0.563. The Labute approximate surface area is 140 Å². The Hall–Kier alpha value is -0.930. The maximum absolute atomic E-state index is 12.3. The number of nitro benzene ring substituents is 1. The highest BCUT2D eigenvalue weighted by molar-refractivity contribution is 7.89. The van der Waals surface area contributed by atoms with Gasteiger partial charge in [-0.2, -0.15) is 0 Å². The van der Waals surface area contributed by atoms with Gasteiger partial charge in [0, 0.05) is 24.7 Å². The predicted molar refractivity (Wildman–Crippen MR) is 88.0 cm³/mol. The summed E-state index contributed by atoms with van der Waals surface area (Å²) < 4.78 is 27.0. The monoisotopic (exact) mass is 371 g/mol. The lowest BCUT2D eigenvalue weighted by Gasteiger charge is -2.19. The fourth-order valence-corrected chi connectivity index (χ4v) is 3.67. The Morgan fingerprint density at radius 1 is 1.41 bits per heavy atom. The van der Waals surface area contributed by atoms with Crippen molar-refractivity contribution in [2.45, 2.75) is 31.2 Å². The Kier molecular flexibility index (Phi) is 8.27. The van der Waals surface area contributed by atoms with Crippen molar-refractivity contribution < 1.29 is 13.3 Å². The van der Waals surface area contributed by atoms with Crippen LogP contribution in [0.25, 0.3) is 0 Å². The van der Waals surface area contributed by atoms with E-state index in [4.69, 9.17) is 17.3 Å². The number of nitro groups is 1. The van der Waals surface area contributed by atoms with Gasteiger partial charge in [0.2, 0.25) is 10.0 Å². The zero-order chi connectivity index (χ0) is 16.2. The average Bonchev–Trinajstić information content (AvgIpc) is 2.36. The topological polar surface area (TPSA) is 115 Å². The molecule has 1 aromatic carbocycles. The molecule has 0 radical (unpaired) electrons. The highest BCUT2D eigenvalue weighted by Crippen LogP contribution is 2.26. The van der Waals surface area contributed by atoms with Gasteiger partial charge in [-0.1, -0.05) is 25.4 Å². The van der Waals surface area contributed by atoms with Crippen molar-refractivity contribution in [3.63, 3.8) is 0 Å². The fourth-order valence-electron chi connectivity index (χ4n) is 1.87. The van der Waals surface area contributed by atoms with Crippen molar-refractivity contribution >= 4 is 39.7 Å². The second-order valence-electron chi connectivity index (χ2n) is 5.06. The third-order valence-electron chi connectivity index (χ3n) is 2.78. The molecule has 0 aliphatic heterocycles. The Morgan fingerprint density at radius 2 is 2.00 bits per heavy atom. The van der Waals surface area contributed by atoms with E-state index in [0.717, 1.165) is 18.2 Å². The number of hydrogen-bond acceptors (Lipinski definition) is 5. The van der Waals surface area contributed by atoms with E-state index >= 15 is 0 Å². The summed E-state index contributed by atoms with van der Waals surface area (Å²) in [4.78, 5) is 9.79. The van der Waals surface area contributed by atoms with Gasteiger partial charge < -0.3 is 5.73 Å². The van der Waals surface area contributed by atoms with Crippen molar-refractivity contribution in [3.8, 4) is 0 Å². The first-order valence-corrected chi connectivity index (χ1v) is 8.19. The van der Waals surface area contributed by atoms with Crippen LogP contribution in [0, 0.1) is 16.0 Å². The molecule has 0 aliphatic carbocycles. The average molecular weight is 372 g/mol. The molecule has 1 aromatic rings. The Bertz CT molecular complexity index is 623. The van der Waals surface area contributed by atoms with Crippen molar-refractivity contribution in [1.29, 1.82) is 0 Å². The minimum atomic E-state index is -3.87. The SMILES string of the molecule is CC(C)CC(CN)NS(=O)(=O)c1ccc([N+](=O)[O-])cc1Cl.Cl. The number of nitrogens with zero attached hydrogens (tertiary/aromatic N) is 1. The third kappa shape index (κ3) is 5.69. The van der Waals surface area contributed by atoms with Crippen LogP contribution in [0.4, 0.5) is 5.69 Å². The second kappa shape index (κ2) is 8.64. The number of nitrogens with one attached hydrogen (secondary N) is 1. The molecule has 0 aliphatic rings. The molecular weight excluding hydrogens is 353 g/mol. The molecule has 0 saturated heterocycles. The van der Waals surface area contributed by atoms with Gasteiger partial charge in [0.25, 0.3) is 5.69 Å². The van der Waals surface area contributed by atoms with E-state index in [-0.39, 0.29) is 40.5 Å².